The van der Waals surface area contributed by atoms with E-state index in [-0.39, 0.29) is 0 Å². The van der Waals surface area contributed by atoms with E-state index in [1.165, 1.54) is 25.7 Å². The summed E-state index contributed by atoms with van der Waals surface area (Å²) in [7, 11) is 0. The van der Waals surface area contributed by atoms with Crippen LogP contribution in [0, 0.1) is 5.92 Å². The van der Waals surface area contributed by atoms with Crippen molar-refractivity contribution in [2.24, 2.45) is 11.8 Å². The van der Waals surface area contributed by atoms with Gasteiger partial charge in [0.2, 0.25) is 0 Å². The SMILES string of the molecule is CCCC(CCC)C(Cc1ccn(C(C)C)n1)NN. The number of nitrogens with one attached hydrogen (secondary N) is 1. The van der Waals surface area contributed by atoms with Crippen molar-refractivity contribution in [2.45, 2.75) is 71.9 Å². The molecule has 1 unspecified atom stereocenters. The lowest BCUT2D eigenvalue weighted by molar-refractivity contribution is 0.309. The quantitative estimate of drug-likeness (QED) is 0.533. The minimum Gasteiger partial charge on any atom is -0.271 e. The number of aromatic nitrogens is 2. The van der Waals surface area contributed by atoms with Crippen molar-refractivity contribution in [1.29, 1.82) is 0 Å². The Balaban J connectivity index is 2.67. The maximum atomic E-state index is 5.76. The van der Waals surface area contributed by atoms with Crippen molar-refractivity contribution in [3.63, 3.8) is 0 Å². The minimum absolute atomic E-state index is 0.329. The van der Waals surface area contributed by atoms with Crippen LogP contribution in [0.4, 0.5) is 0 Å². The molecule has 3 N–H and O–H groups in total. The fourth-order valence-electron chi connectivity index (χ4n) is 2.65. The molecule has 1 heterocycles. The highest BCUT2D eigenvalue weighted by molar-refractivity contribution is 5.02. The summed E-state index contributed by atoms with van der Waals surface area (Å²) in [5.41, 5.74) is 4.14. The van der Waals surface area contributed by atoms with Gasteiger partial charge in [-0.15, -0.1) is 0 Å². The third kappa shape index (κ3) is 4.96. The molecule has 1 aromatic heterocycles. The molecule has 0 radical (unpaired) electrons. The van der Waals surface area contributed by atoms with Crippen LogP contribution in [0.2, 0.25) is 0 Å². The largest absolute Gasteiger partial charge is 0.271 e. The van der Waals surface area contributed by atoms with E-state index in [9.17, 15) is 0 Å². The molecule has 110 valence electrons. The van der Waals surface area contributed by atoms with Gasteiger partial charge in [0.05, 0.1) is 5.69 Å². The zero-order valence-electron chi connectivity index (χ0n) is 12.9. The summed E-state index contributed by atoms with van der Waals surface area (Å²) in [6.45, 7) is 8.77. The van der Waals surface area contributed by atoms with E-state index < -0.39 is 0 Å². The molecule has 0 saturated heterocycles. The number of hydrazine groups is 1. The van der Waals surface area contributed by atoms with E-state index in [1.54, 1.807) is 0 Å². The van der Waals surface area contributed by atoms with Crippen molar-refractivity contribution in [2.75, 3.05) is 0 Å². The first-order valence-corrected chi connectivity index (χ1v) is 7.62. The molecule has 0 aliphatic rings. The van der Waals surface area contributed by atoms with Crippen molar-refractivity contribution >= 4 is 0 Å². The van der Waals surface area contributed by atoms with E-state index in [4.69, 9.17) is 5.84 Å². The average molecular weight is 266 g/mol. The topological polar surface area (TPSA) is 55.9 Å². The van der Waals surface area contributed by atoms with Gasteiger partial charge in [-0.25, -0.2) is 0 Å². The van der Waals surface area contributed by atoms with Crippen LogP contribution in [-0.4, -0.2) is 15.8 Å². The van der Waals surface area contributed by atoms with E-state index in [2.05, 4.69) is 50.5 Å². The van der Waals surface area contributed by atoms with Crippen LogP contribution in [0.1, 0.15) is 65.1 Å². The molecule has 0 aromatic carbocycles. The van der Waals surface area contributed by atoms with Gasteiger partial charge in [-0.1, -0.05) is 26.7 Å². The van der Waals surface area contributed by atoms with Crippen molar-refractivity contribution < 1.29 is 0 Å². The number of nitrogens with two attached hydrogens (primary N) is 1. The van der Waals surface area contributed by atoms with Crippen molar-refractivity contribution in [1.82, 2.24) is 15.2 Å². The molecular formula is C15H30N4. The van der Waals surface area contributed by atoms with Gasteiger partial charge in [0.15, 0.2) is 0 Å². The monoisotopic (exact) mass is 266 g/mol. The van der Waals surface area contributed by atoms with Crippen LogP contribution in [-0.2, 0) is 6.42 Å². The van der Waals surface area contributed by atoms with E-state index >= 15 is 0 Å². The summed E-state index contributed by atoms with van der Waals surface area (Å²) in [5, 5.41) is 4.62. The van der Waals surface area contributed by atoms with Crippen LogP contribution in [0.15, 0.2) is 12.3 Å². The first kappa shape index (κ1) is 16.2. The third-order valence-electron chi connectivity index (χ3n) is 3.72. The average Bonchev–Trinajstić information content (AvgIpc) is 2.84. The van der Waals surface area contributed by atoms with Crippen molar-refractivity contribution in [3.8, 4) is 0 Å². The van der Waals surface area contributed by atoms with Gasteiger partial charge in [-0.2, -0.15) is 5.10 Å². The molecule has 19 heavy (non-hydrogen) atoms. The minimum atomic E-state index is 0.329. The smallest absolute Gasteiger partial charge is 0.0640 e. The highest BCUT2D eigenvalue weighted by Crippen LogP contribution is 2.20. The number of hydrogen-bond donors (Lipinski definition) is 2. The van der Waals surface area contributed by atoms with Gasteiger partial charge >= 0.3 is 0 Å². The van der Waals surface area contributed by atoms with Gasteiger partial charge < -0.3 is 0 Å². The normalized spacial score (nSPS) is 13.4. The lowest BCUT2D eigenvalue weighted by Gasteiger charge is -2.25. The molecular weight excluding hydrogens is 236 g/mol. The highest BCUT2D eigenvalue weighted by atomic mass is 15.3. The Morgan fingerprint density at radius 2 is 1.89 bits per heavy atom. The Hall–Kier alpha value is -0.870. The van der Waals surface area contributed by atoms with E-state index in [1.807, 2.05) is 4.68 Å². The maximum Gasteiger partial charge on any atom is 0.0640 e. The molecule has 0 fully saturated rings. The number of rotatable bonds is 9. The van der Waals surface area contributed by atoms with Gasteiger partial charge in [0.25, 0.3) is 0 Å². The van der Waals surface area contributed by atoms with Crippen LogP contribution < -0.4 is 11.3 Å². The lowest BCUT2D eigenvalue weighted by atomic mass is 9.88. The van der Waals surface area contributed by atoms with Crippen molar-refractivity contribution in [3.05, 3.63) is 18.0 Å². The molecule has 4 heteroatoms. The molecule has 0 amide bonds. The predicted octanol–water partition coefficient (Wildman–Crippen LogP) is 3.05. The third-order valence-corrected chi connectivity index (χ3v) is 3.72. The molecule has 1 aromatic rings. The Morgan fingerprint density at radius 1 is 1.26 bits per heavy atom. The van der Waals surface area contributed by atoms with Gasteiger partial charge in [-0.3, -0.25) is 16.0 Å². The molecule has 0 aliphatic carbocycles. The Morgan fingerprint density at radius 3 is 2.32 bits per heavy atom. The van der Waals surface area contributed by atoms with Gasteiger partial charge in [-0.05, 0) is 38.7 Å². The second kappa shape index (κ2) is 8.33. The van der Waals surface area contributed by atoms with Crippen LogP contribution in [0.25, 0.3) is 0 Å². The first-order valence-electron chi connectivity index (χ1n) is 7.62. The fraction of sp³-hybridized carbons (Fsp3) is 0.800. The summed E-state index contributed by atoms with van der Waals surface area (Å²) < 4.78 is 2.01. The zero-order valence-corrected chi connectivity index (χ0v) is 12.9. The van der Waals surface area contributed by atoms with Crippen LogP contribution in [0.5, 0.6) is 0 Å². The summed E-state index contributed by atoms with van der Waals surface area (Å²) in [6, 6.07) is 2.86. The molecule has 0 aliphatic heterocycles. The molecule has 4 nitrogen and oxygen atoms in total. The van der Waals surface area contributed by atoms with Crippen LogP contribution in [0.3, 0.4) is 0 Å². The van der Waals surface area contributed by atoms with Crippen LogP contribution >= 0.6 is 0 Å². The number of nitrogens with zero attached hydrogens (tertiary/aromatic N) is 2. The summed E-state index contributed by atoms with van der Waals surface area (Å²) in [5.74, 6) is 6.41. The molecule has 1 rings (SSSR count). The molecule has 0 bridgehead atoms. The van der Waals surface area contributed by atoms with E-state index in [0.717, 1.165) is 12.1 Å². The highest BCUT2D eigenvalue weighted by Gasteiger charge is 2.20. The van der Waals surface area contributed by atoms with Gasteiger partial charge in [0.1, 0.15) is 0 Å². The summed E-state index contributed by atoms with van der Waals surface area (Å²) in [4.78, 5) is 0. The van der Waals surface area contributed by atoms with E-state index in [0.29, 0.717) is 18.0 Å². The second-order valence-electron chi connectivity index (χ2n) is 5.70. The predicted molar refractivity (Wildman–Crippen MR) is 80.7 cm³/mol. The fourth-order valence-corrected chi connectivity index (χ4v) is 2.65. The Labute approximate surface area is 117 Å². The Bertz CT molecular complexity index is 340. The Kier molecular flexibility index (Phi) is 7.10. The lowest BCUT2D eigenvalue weighted by Crippen LogP contribution is -2.42. The molecule has 1 atom stereocenters. The summed E-state index contributed by atoms with van der Waals surface area (Å²) in [6.07, 6.45) is 7.86. The first-order chi connectivity index (χ1) is 9.12. The van der Waals surface area contributed by atoms with Gasteiger partial charge in [0, 0.05) is 24.7 Å². The second-order valence-corrected chi connectivity index (χ2v) is 5.70. The standard InChI is InChI=1S/C15H30N4/c1-5-7-13(8-6-2)15(17-16)11-14-9-10-19(18-14)12(3)4/h9-10,12-13,15,17H,5-8,11,16H2,1-4H3. The molecule has 0 saturated carbocycles. The number of hydrogen-bond acceptors (Lipinski definition) is 3. The zero-order chi connectivity index (χ0) is 14.3. The summed E-state index contributed by atoms with van der Waals surface area (Å²) >= 11 is 0. The molecule has 0 spiro atoms. The maximum absolute atomic E-state index is 5.76.